The molecule has 1 heterocycles. The molecule has 0 fully saturated rings. The summed E-state index contributed by atoms with van der Waals surface area (Å²) in [7, 11) is 3.59. The maximum Gasteiger partial charge on any atom is 0.131 e. The summed E-state index contributed by atoms with van der Waals surface area (Å²) >= 11 is 0. The number of nitrogens with zero attached hydrogens (tertiary/aromatic N) is 2. The highest BCUT2D eigenvalue weighted by atomic mass is 16.5. The molecule has 0 aliphatic rings. The fraction of sp³-hybridized carbons (Fsp3) is 0.600. The molecular formula is C10H17N3O. The minimum atomic E-state index is 0.669. The highest BCUT2D eigenvalue weighted by Crippen LogP contribution is 2.01. The lowest BCUT2D eigenvalue weighted by atomic mass is 10.3. The predicted molar refractivity (Wildman–Crippen MR) is 55.1 cm³/mol. The van der Waals surface area contributed by atoms with E-state index in [0.29, 0.717) is 6.61 Å². The summed E-state index contributed by atoms with van der Waals surface area (Å²) in [5, 5.41) is 3.07. The Balaban J connectivity index is 2.73. The van der Waals surface area contributed by atoms with Crippen molar-refractivity contribution in [2.75, 3.05) is 20.8 Å². The third-order valence-corrected chi connectivity index (χ3v) is 1.84. The first kappa shape index (κ1) is 11.1. The van der Waals surface area contributed by atoms with Crippen molar-refractivity contribution in [3.63, 3.8) is 0 Å². The molecule has 0 aliphatic heterocycles. The van der Waals surface area contributed by atoms with Gasteiger partial charge in [-0.25, -0.2) is 9.97 Å². The molecule has 1 aromatic rings. The molecule has 0 radical (unpaired) electrons. The largest absolute Gasteiger partial charge is 0.384 e. The van der Waals surface area contributed by atoms with Gasteiger partial charge in [0, 0.05) is 25.8 Å². The highest BCUT2D eigenvalue weighted by Gasteiger charge is 2.01. The monoisotopic (exact) mass is 195 g/mol. The van der Waals surface area contributed by atoms with Gasteiger partial charge in [0.15, 0.2) is 0 Å². The maximum absolute atomic E-state index is 4.99. The van der Waals surface area contributed by atoms with Gasteiger partial charge in [-0.1, -0.05) is 0 Å². The van der Waals surface area contributed by atoms with Gasteiger partial charge in [-0.15, -0.1) is 0 Å². The number of aryl methyl sites for hydroxylation is 1. The van der Waals surface area contributed by atoms with Crippen molar-refractivity contribution in [1.82, 2.24) is 15.3 Å². The quantitative estimate of drug-likeness (QED) is 0.751. The van der Waals surface area contributed by atoms with Crippen molar-refractivity contribution in [3.05, 3.63) is 23.3 Å². The van der Waals surface area contributed by atoms with Gasteiger partial charge in [-0.2, -0.15) is 0 Å². The standard InChI is InChI=1S/C10H17N3O/c1-8-6-9(7-11-2)13-10(12-8)4-5-14-3/h6,11H,4-5,7H2,1-3H3. The molecule has 14 heavy (non-hydrogen) atoms. The molecule has 1 aromatic heterocycles. The number of methoxy groups -OCH3 is 1. The summed E-state index contributed by atoms with van der Waals surface area (Å²) in [6.45, 7) is 3.43. The van der Waals surface area contributed by atoms with E-state index < -0.39 is 0 Å². The molecule has 0 saturated heterocycles. The summed E-state index contributed by atoms with van der Waals surface area (Å²) in [6, 6.07) is 1.99. The van der Waals surface area contributed by atoms with Crippen LogP contribution in [0.15, 0.2) is 6.07 Å². The van der Waals surface area contributed by atoms with E-state index in [0.717, 1.165) is 30.2 Å². The molecule has 1 N–H and O–H groups in total. The summed E-state index contributed by atoms with van der Waals surface area (Å²) in [5.74, 6) is 0.858. The first-order valence-corrected chi connectivity index (χ1v) is 4.73. The Morgan fingerprint density at radius 1 is 1.43 bits per heavy atom. The van der Waals surface area contributed by atoms with Crippen LogP contribution in [0.2, 0.25) is 0 Å². The van der Waals surface area contributed by atoms with Gasteiger partial charge in [0.05, 0.1) is 12.3 Å². The Morgan fingerprint density at radius 3 is 2.86 bits per heavy atom. The third kappa shape index (κ3) is 3.40. The zero-order valence-corrected chi connectivity index (χ0v) is 9.00. The lowest BCUT2D eigenvalue weighted by molar-refractivity contribution is 0.200. The van der Waals surface area contributed by atoms with Gasteiger partial charge < -0.3 is 10.1 Å². The molecule has 4 heteroatoms. The molecule has 0 aromatic carbocycles. The summed E-state index contributed by atoms with van der Waals surface area (Å²) < 4.78 is 4.99. The molecular weight excluding hydrogens is 178 g/mol. The maximum atomic E-state index is 4.99. The van der Waals surface area contributed by atoms with Crippen LogP contribution in [0.3, 0.4) is 0 Å². The topological polar surface area (TPSA) is 47.0 Å². The molecule has 4 nitrogen and oxygen atoms in total. The van der Waals surface area contributed by atoms with Crippen LogP contribution in [0.5, 0.6) is 0 Å². The Hall–Kier alpha value is -1.00. The Morgan fingerprint density at radius 2 is 2.21 bits per heavy atom. The first-order valence-electron chi connectivity index (χ1n) is 4.73. The Bertz CT molecular complexity index is 289. The second-order valence-corrected chi connectivity index (χ2v) is 3.19. The molecule has 0 saturated carbocycles. The second-order valence-electron chi connectivity index (χ2n) is 3.19. The van der Waals surface area contributed by atoms with Crippen molar-refractivity contribution in [1.29, 1.82) is 0 Å². The van der Waals surface area contributed by atoms with E-state index in [4.69, 9.17) is 4.74 Å². The van der Waals surface area contributed by atoms with Crippen molar-refractivity contribution >= 4 is 0 Å². The van der Waals surface area contributed by atoms with Gasteiger partial charge in [0.2, 0.25) is 0 Å². The number of hydrogen-bond acceptors (Lipinski definition) is 4. The molecule has 0 aliphatic carbocycles. The van der Waals surface area contributed by atoms with Crippen LogP contribution in [0.1, 0.15) is 17.2 Å². The van der Waals surface area contributed by atoms with Crippen LogP contribution in [-0.4, -0.2) is 30.7 Å². The Kier molecular flexibility index (Phi) is 4.49. The predicted octanol–water partition coefficient (Wildman–Crippen LogP) is 0.693. The van der Waals surface area contributed by atoms with Crippen LogP contribution in [0.4, 0.5) is 0 Å². The van der Waals surface area contributed by atoms with Gasteiger partial charge in [0.1, 0.15) is 5.82 Å². The smallest absolute Gasteiger partial charge is 0.131 e. The SMILES string of the molecule is CNCc1cc(C)nc(CCOC)n1. The fourth-order valence-electron chi connectivity index (χ4n) is 1.28. The van der Waals surface area contributed by atoms with E-state index in [9.17, 15) is 0 Å². The number of rotatable bonds is 5. The normalized spacial score (nSPS) is 10.5. The van der Waals surface area contributed by atoms with E-state index in [2.05, 4.69) is 15.3 Å². The number of ether oxygens (including phenoxy) is 1. The van der Waals surface area contributed by atoms with Crippen molar-refractivity contribution in [2.45, 2.75) is 19.9 Å². The summed E-state index contributed by atoms with van der Waals surface area (Å²) in [6.07, 6.45) is 0.773. The van der Waals surface area contributed by atoms with Crippen LogP contribution in [0.25, 0.3) is 0 Å². The van der Waals surface area contributed by atoms with E-state index in [1.165, 1.54) is 0 Å². The van der Waals surface area contributed by atoms with Crippen molar-refractivity contribution < 1.29 is 4.74 Å². The number of aromatic nitrogens is 2. The molecule has 0 atom stereocenters. The van der Waals surface area contributed by atoms with Crippen LogP contribution in [0, 0.1) is 6.92 Å². The second kappa shape index (κ2) is 5.67. The Labute approximate surface area is 84.7 Å². The zero-order valence-electron chi connectivity index (χ0n) is 9.00. The van der Waals surface area contributed by atoms with Crippen LogP contribution < -0.4 is 5.32 Å². The zero-order chi connectivity index (χ0) is 10.4. The molecule has 1 rings (SSSR count). The average Bonchev–Trinajstić information content (AvgIpc) is 2.14. The fourth-order valence-corrected chi connectivity index (χ4v) is 1.28. The van der Waals surface area contributed by atoms with Gasteiger partial charge in [-0.05, 0) is 20.0 Å². The minimum absolute atomic E-state index is 0.669. The van der Waals surface area contributed by atoms with Gasteiger partial charge >= 0.3 is 0 Å². The van der Waals surface area contributed by atoms with Gasteiger partial charge in [0.25, 0.3) is 0 Å². The first-order chi connectivity index (χ1) is 6.76. The molecule has 0 amide bonds. The average molecular weight is 195 g/mol. The summed E-state index contributed by atoms with van der Waals surface area (Å²) in [4.78, 5) is 8.74. The van der Waals surface area contributed by atoms with Crippen LogP contribution >= 0.6 is 0 Å². The number of nitrogens with one attached hydrogen (secondary N) is 1. The molecule has 0 bridgehead atoms. The molecule has 78 valence electrons. The van der Waals surface area contributed by atoms with E-state index in [1.54, 1.807) is 7.11 Å². The molecule has 0 spiro atoms. The van der Waals surface area contributed by atoms with E-state index in [1.807, 2.05) is 20.0 Å². The van der Waals surface area contributed by atoms with Crippen molar-refractivity contribution in [2.24, 2.45) is 0 Å². The third-order valence-electron chi connectivity index (χ3n) is 1.84. The lowest BCUT2D eigenvalue weighted by Crippen LogP contribution is -2.11. The van der Waals surface area contributed by atoms with E-state index in [-0.39, 0.29) is 0 Å². The van der Waals surface area contributed by atoms with Crippen LogP contribution in [-0.2, 0) is 17.7 Å². The molecule has 0 unspecified atom stereocenters. The van der Waals surface area contributed by atoms with Crippen molar-refractivity contribution in [3.8, 4) is 0 Å². The van der Waals surface area contributed by atoms with E-state index >= 15 is 0 Å². The highest BCUT2D eigenvalue weighted by molar-refractivity contribution is 5.10. The van der Waals surface area contributed by atoms with Gasteiger partial charge in [-0.3, -0.25) is 0 Å². The minimum Gasteiger partial charge on any atom is -0.384 e. The summed E-state index contributed by atoms with van der Waals surface area (Å²) in [5.41, 5.74) is 2.04. The lowest BCUT2D eigenvalue weighted by Gasteiger charge is -2.04. The number of hydrogen-bond donors (Lipinski definition) is 1.